The number of nitrogens with zero attached hydrogens (tertiary/aromatic N) is 1. The molecule has 25 heavy (non-hydrogen) atoms. The molecule has 0 aromatic heterocycles. The van der Waals surface area contributed by atoms with E-state index in [1.165, 1.54) is 6.07 Å². The first-order chi connectivity index (χ1) is 12.0. The molecule has 0 unspecified atom stereocenters. The molecule has 0 aliphatic carbocycles. The second-order valence-electron chi connectivity index (χ2n) is 5.24. The average Bonchev–Trinajstić information content (AvgIpc) is 2.91. The molecule has 2 aromatic rings. The average molecular weight is 379 g/mol. The summed E-state index contributed by atoms with van der Waals surface area (Å²) in [5, 5.41) is 2.82. The van der Waals surface area contributed by atoms with Crippen LogP contribution in [-0.2, 0) is 11.3 Å². The Bertz CT molecular complexity index is 853. The van der Waals surface area contributed by atoms with Gasteiger partial charge in [0.25, 0.3) is 0 Å². The lowest BCUT2D eigenvalue weighted by Crippen LogP contribution is -2.31. The van der Waals surface area contributed by atoms with Gasteiger partial charge in [0, 0.05) is 0 Å². The summed E-state index contributed by atoms with van der Waals surface area (Å²) in [6.45, 7) is -0.0806. The third-order valence-electron chi connectivity index (χ3n) is 3.62. The molecule has 0 atom stereocenters. The largest absolute Gasteiger partial charge is 0.421 e. The van der Waals surface area contributed by atoms with E-state index < -0.39 is 12.0 Å². The van der Waals surface area contributed by atoms with Gasteiger partial charge < -0.3 is 10.1 Å². The molecule has 2 aromatic carbocycles. The van der Waals surface area contributed by atoms with Gasteiger partial charge in [-0.1, -0.05) is 47.5 Å². The van der Waals surface area contributed by atoms with Crippen molar-refractivity contribution in [2.24, 2.45) is 0 Å². The topological polar surface area (TPSA) is 75.7 Å². The minimum atomic E-state index is -0.660. The smallest absolute Gasteiger partial charge is 0.343 e. The molecule has 1 fully saturated rings. The highest BCUT2D eigenvalue weighted by Crippen LogP contribution is 2.32. The van der Waals surface area contributed by atoms with E-state index in [1.807, 2.05) is 0 Å². The molecule has 3 amide bonds. The van der Waals surface area contributed by atoms with Crippen molar-refractivity contribution >= 4 is 41.1 Å². The number of hydrogen-bond acceptors (Lipinski definition) is 4. The van der Waals surface area contributed by atoms with Crippen LogP contribution in [0.3, 0.4) is 0 Å². The van der Waals surface area contributed by atoms with Gasteiger partial charge in [-0.3, -0.25) is 9.69 Å². The monoisotopic (exact) mass is 378 g/mol. The highest BCUT2D eigenvalue weighted by atomic mass is 35.5. The van der Waals surface area contributed by atoms with Gasteiger partial charge in [0.1, 0.15) is 5.02 Å². The third-order valence-corrected chi connectivity index (χ3v) is 4.42. The maximum atomic E-state index is 12.5. The molecule has 1 saturated heterocycles. The number of hydrogen-bond donors (Lipinski definition) is 1. The zero-order chi connectivity index (χ0) is 18.0. The quantitative estimate of drug-likeness (QED) is 0.503. The molecule has 1 heterocycles. The fourth-order valence-electron chi connectivity index (χ4n) is 2.36. The van der Waals surface area contributed by atoms with Gasteiger partial charge in [0.2, 0.25) is 5.91 Å². The maximum Gasteiger partial charge on any atom is 0.343 e. The number of esters is 1. The van der Waals surface area contributed by atoms with Crippen LogP contribution >= 0.6 is 23.2 Å². The number of halogens is 2. The van der Waals surface area contributed by atoms with Crippen LogP contribution < -0.4 is 10.1 Å². The Labute approximate surface area is 153 Å². The number of carbonyl (C=O) groups excluding carboxylic acids is 3. The van der Waals surface area contributed by atoms with Crippen LogP contribution in [-0.4, -0.2) is 29.4 Å². The Morgan fingerprint density at radius 3 is 2.60 bits per heavy atom. The number of carbonyl (C=O) groups is 3. The van der Waals surface area contributed by atoms with Gasteiger partial charge in [-0.25, -0.2) is 9.59 Å². The van der Waals surface area contributed by atoms with Crippen LogP contribution in [0.2, 0.25) is 10.0 Å². The highest BCUT2D eigenvalue weighted by molar-refractivity contribution is 6.43. The number of urea groups is 1. The van der Waals surface area contributed by atoms with Crippen molar-refractivity contribution in [1.29, 1.82) is 0 Å². The van der Waals surface area contributed by atoms with Crippen molar-refractivity contribution in [2.45, 2.75) is 6.54 Å². The van der Waals surface area contributed by atoms with E-state index in [0.717, 1.165) is 4.90 Å². The van der Waals surface area contributed by atoms with Crippen molar-refractivity contribution in [3.8, 4) is 5.75 Å². The standard InChI is InChI=1S/C17H12Cl2N2O4/c18-12-6-3-7-13(15(12)19)25-16(23)11-5-2-1-4-10(11)9-21-14(22)8-20-17(21)24/h1-7H,8-9H2,(H,20,24). The van der Waals surface area contributed by atoms with Gasteiger partial charge in [-0.05, 0) is 23.8 Å². The lowest BCUT2D eigenvalue weighted by molar-refractivity contribution is -0.125. The fraction of sp³-hybridized carbons (Fsp3) is 0.118. The van der Waals surface area contributed by atoms with Gasteiger partial charge in [-0.15, -0.1) is 0 Å². The summed E-state index contributed by atoms with van der Waals surface area (Å²) >= 11 is 11.9. The van der Waals surface area contributed by atoms with Crippen molar-refractivity contribution in [1.82, 2.24) is 10.2 Å². The van der Waals surface area contributed by atoms with E-state index in [-0.39, 0.29) is 40.4 Å². The van der Waals surface area contributed by atoms with Crippen LogP contribution in [0.15, 0.2) is 42.5 Å². The first-order valence-electron chi connectivity index (χ1n) is 7.29. The normalized spacial score (nSPS) is 13.8. The van der Waals surface area contributed by atoms with Crippen LogP contribution in [0.25, 0.3) is 0 Å². The summed E-state index contributed by atoms with van der Waals surface area (Å²) in [4.78, 5) is 37.0. The third kappa shape index (κ3) is 3.60. The molecule has 1 N–H and O–H groups in total. The molecular formula is C17H12Cl2N2O4. The Morgan fingerprint density at radius 2 is 1.88 bits per heavy atom. The maximum absolute atomic E-state index is 12.5. The predicted molar refractivity (Wildman–Crippen MR) is 91.8 cm³/mol. The predicted octanol–water partition coefficient (Wildman–Crippen LogP) is 3.26. The minimum absolute atomic E-state index is 0.0286. The number of rotatable bonds is 4. The summed E-state index contributed by atoms with van der Waals surface area (Å²) in [6, 6.07) is 10.8. The fourth-order valence-corrected chi connectivity index (χ4v) is 2.69. The van der Waals surface area contributed by atoms with E-state index in [1.54, 1.807) is 36.4 Å². The summed E-state index contributed by atoms with van der Waals surface area (Å²) < 4.78 is 5.31. The van der Waals surface area contributed by atoms with Gasteiger partial charge in [0.05, 0.1) is 23.7 Å². The summed E-state index contributed by atoms with van der Waals surface area (Å²) in [6.07, 6.45) is 0. The summed E-state index contributed by atoms with van der Waals surface area (Å²) in [7, 11) is 0. The lowest BCUT2D eigenvalue weighted by Gasteiger charge is -2.15. The molecule has 1 aliphatic rings. The molecule has 0 radical (unpaired) electrons. The molecule has 8 heteroatoms. The Balaban J connectivity index is 1.85. The lowest BCUT2D eigenvalue weighted by atomic mass is 10.1. The SMILES string of the molecule is O=C(Oc1cccc(Cl)c1Cl)c1ccccc1CN1C(=O)CNC1=O. The van der Waals surface area contributed by atoms with E-state index in [9.17, 15) is 14.4 Å². The van der Waals surface area contributed by atoms with Gasteiger partial charge in [-0.2, -0.15) is 0 Å². The Hall–Kier alpha value is -2.57. The molecule has 0 bridgehead atoms. The van der Waals surface area contributed by atoms with Crippen molar-refractivity contribution < 1.29 is 19.1 Å². The molecule has 128 valence electrons. The second kappa shape index (κ2) is 7.13. The zero-order valence-electron chi connectivity index (χ0n) is 12.8. The number of imide groups is 1. The Morgan fingerprint density at radius 1 is 1.12 bits per heavy atom. The highest BCUT2D eigenvalue weighted by Gasteiger charge is 2.29. The van der Waals surface area contributed by atoms with Gasteiger partial charge in [0.15, 0.2) is 5.75 Å². The van der Waals surface area contributed by atoms with Crippen LogP contribution in [0, 0.1) is 0 Å². The van der Waals surface area contributed by atoms with Crippen molar-refractivity contribution in [2.75, 3.05) is 6.54 Å². The number of ether oxygens (including phenoxy) is 1. The molecule has 0 saturated carbocycles. The van der Waals surface area contributed by atoms with Gasteiger partial charge >= 0.3 is 12.0 Å². The molecule has 0 spiro atoms. The first kappa shape index (κ1) is 17.3. The summed E-state index contributed by atoms with van der Waals surface area (Å²) in [5.41, 5.74) is 0.710. The minimum Gasteiger partial charge on any atom is -0.421 e. The second-order valence-corrected chi connectivity index (χ2v) is 6.02. The number of amides is 3. The number of nitrogens with one attached hydrogen (secondary N) is 1. The van der Waals surface area contributed by atoms with Crippen LogP contribution in [0.5, 0.6) is 5.75 Å². The van der Waals surface area contributed by atoms with E-state index in [4.69, 9.17) is 27.9 Å². The molecule has 6 nitrogen and oxygen atoms in total. The summed E-state index contributed by atoms with van der Waals surface area (Å²) in [5.74, 6) is -0.887. The van der Waals surface area contributed by atoms with E-state index in [0.29, 0.717) is 5.56 Å². The van der Waals surface area contributed by atoms with Crippen LogP contribution in [0.4, 0.5) is 4.79 Å². The van der Waals surface area contributed by atoms with Crippen molar-refractivity contribution in [3.63, 3.8) is 0 Å². The van der Waals surface area contributed by atoms with E-state index >= 15 is 0 Å². The molecule has 1 aliphatic heterocycles. The van der Waals surface area contributed by atoms with E-state index in [2.05, 4.69) is 5.32 Å². The van der Waals surface area contributed by atoms with Crippen LogP contribution in [0.1, 0.15) is 15.9 Å². The molecular weight excluding hydrogens is 367 g/mol. The molecule has 3 rings (SSSR count). The number of benzene rings is 2. The van der Waals surface area contributed by atoms with Crippen molar-refractivity contribution in [3.05, 3.63) is 63.6 Å². The Kier molecular flexibility index (Phi) is 4.92. The first-order valence-corrected chi connectivity index (χ1v) is 8.05. The zero-order valence-corrected chi connectivity index (χ0v) is 14.3.